The number of amides is 2. The number of carbonyl (C=O) groups is 2. The van der Waals surface area contributed by atoms with E-state index >= 15 is 0 Å². The molecule has 1 aliphatic rings. The fourth-order valence-electron chi connectivity index (χ4n) is 3.41. The molecule has 162 valence electrons. The van der Waals surface area contributed by atoms with E-state index in [9.17, 15) is 9.59 Å². The van der Waals surface area contributed by atoms with Gasteiger partial charge >= 0.3 is 0 Å². The number of nitrogens with zero attached hydrogens (tertiary/aromatic N) is 1. The number of ether oxygens (including phenoxy) is 1. The molecule has 0 unspecified atom stereocenters. The average Bonchev–Trinajstić information content (AvgIpc) is 2.81. The molecule has 5 nitrogen and oxygen atoms in total. The van der Waals surface area contributed by atoms with Gasteiger partial charge in [-0.2, -0.15) is 0 Å². The number of thioether (sulfide) groups is 1. The molecule has 0 bridgehead atoms. The van der Waals surface area contributed by atoms with Gasteiger partial charge < -0.3 is 15.0 Å². The number of likely N-dealkylation sites (N-methyl/N-ethyl adjacent to an activating group) is 1. The lowest BCUT2D eigenvalue weighted by Gasteiger charge is -2.27. The van der Waals surface area contributed by atoms with Crippen LogP contribution in [0.1, 0.15) is 27.0 Å². The minimum atomic E-state index is -0.169. The number of methoxy groups -OCH3 is 1. The van der Waals surface area contributed by atoms with Gasteiger partial charge in [-0.3, -0.25) is 9.59 Å². The van der Waals surface area contributed by atoms with Crippen LogP contribution in [0, 0.1) is 6.92 Å². The van der Waals surface area contributed by atoms with Crippen molar-refractivity contribution in [2.45, 2.75) is 18.4 Å². The summed E-state index contributed by atoms with van der Waals surface area (Å²) >= 11 is 1.41. The molecule has 0 saturated carbocycles. The summed E-state index contributed by atoms with van der Waals surface area (Å²) in [5.74, 6) is 0.460. The first kappa shape index (κ1) is 21.7. The van der Waals surface area contributed by atoms with Crippen molar-refractivity contribution >= 4 is 35.3 Å². The van der Waals surface area contributed by atoms with E-state index in [4.69, 9.17) is 4.74 Å². The Hall–Kier alpha value is -3.51. The maximum Gasteiger partial charge on any atom is 0.264 e. The third kappa shape index (κ3) is 4.70. The second-order valence-corrected chi connectivity index (χ2v) is 8.69. The highest BCUT2D eigenvalue weighted by Gasteiger charge is 2.27. The number of hydrogen-bond acceptors (Lipinski definition) is 4. The van der Waals surface area contributed by atoms with Gasteiger partial charge in [-0.05, 0) is 54.5 Å². The van der Waals surface area contributed by atoms with Crippen LogP contribution in [0.15, 0.2) is 76.5 Å². The van der Waals surface area contributed by atoms with Gasteiger partial charge in [-0.25, -0.2) is 0 Å². The lowest BCUT2D eigenvalue weighted by Crippen LogP contribution is -2.31. The number of fused-ring (bicyclic) bond motifs is 1. The van der Waals surface area contributed by atoms with Gasteiger partial charge in [0.05, 0.1) is 17.7 Å². The molecular weight excluding hydrogens is 420 g/mol. The molecule has 0 spiro atoms. The molecule has 0 atom stereocenters. The predicted molar refractivity (Wildman–Crippen MR) is 129 cm³/mol. The Bertz CT molecular complexity index is 1200. The van der Waals surface area contributed by atoms with Gasteiger partial charge in [-0.1, -0.05) is 53.7 Å². The monoisotopic (exact) mass is 444 g/mol. The maximum absolute atomic E-state index is 13.0. The van der Waals surface area contributed by atoms with Crippen molar-refractivity contribution in [1.82, 2.24) is 5.32 Å². The standard InChI is InChI=1S/C26H24N2O3S/c1-17-7-9-18(10-8-17)16-27-25(29)20-11-12-23-22(15-20)28(2)26(30)24(32-23)14-19-5-4-6-21(13-19)31-3/h4-15H,16H2,1-3H3,(H,27,29). The van der Waals surface area contributed by atoms with Crippen molar-refractivity contribution in [3.8, 4) is 5.75 Å². The van der Waals surface area contributed by atoms with Gasteiger partial charge in [-0.15, -0.1) is 0 Å². The highest BCUT2D eigenvalue weighted by Crippen LogP contribution is 2.42. The highest BCUT2D eigenvalue weighted by atomic mass is 32.2. The Morgan fingerprint density at radius 3 is 2.62 bits per heavy atom. The molecule has 4 rings (SSSR count). The van der Waals surface area contributed by atoms with Crippen molar-refractivity contribution < 1.29 is 14.3 Å². The molecule has 0 saturated heterocycles. The van der Waals surface area contributed by atoms with Gasteiger partial charge in [0, 0.05) is 24.1 Å². The molecular formula is C26H24N2O3S. The van der Waals surface area contributed by atoms with E-state index in [-0.39, 0.29) is 11.8 Å². The topological polar surface area (TPSA) is 58.6 Å². The number of anilines is 1. The Kier molecular flexibility index (Phi) is 6.32. The first-order valence-corrected chi connectivity index (χ1v) is 11.1. The highest BCUT2D eigenvalue weighted by molar-refractivity contribution is 8.04. The number of nitrogens with one attached hydrogen (secondary N) is 1. The molecule has 0 radical (unpaired) electrons. The van der Waals surface area contributed by atoms with E-state index in [0.29, 0.717) is 17.0 Å². The summed E-state index contributed by atoms with van der Waals surface area (Å²) in [5, 5.41) is 2.95. The van der Waals surface area contributed by atoms with Crippen LogP contribution in [0.25, 0.3) is 6.08 Å². The fourth-order valence-corrected chi connectivity index (χ4v) is 4.50. The van der Waals surface area contributed by atoms with E-state index in [0.717, 1.165) is 27.5 Å². The molecule has 1 N–H and O–H groups in total. The minimum absolute atomic E-state index is 0.109. The molecule has 0 fully saturated rings. The van der Waals surface area contributed by atoms with Crippen molar-refractivity contribution in [2.24, 2.45) is 0 Å². The Labute approximate surface area is 192 Å². The zero-order valence-electron chi connectivity index (χ0n) is 18.2. The second-order valence-electron chi connectivity index (χ2n) is 7.60. The molecule has 3 aromatic rings. The summed E-state index contributed by atoms with van der Waals surface area (Å²) in [4.78, 5) is 28.8. The second kappa shape index (κ2) is 9.32. The molecule has 3 aromatic carbocycles. The number of carbonyl (C=O) groups excluding carboxylic acids is 2. The number of rotatable bonds is 5. The van der Waals surface area contributed by atoms with Gasteiger partial charge in [0.25, 0.3) is 11.8 Å². The summed E-state index contributed by atoms with van der Waals surface area (Å²) in [6.45, 7) is 2.48. The lowest BCUT2D eigenvalue weighted by molar-refractivity contribution is -0.114. The summed E-state index contributed by atoms with van der Waals surface area (Å²) < 4.78 is 5.27. The van der Waals surface area contributed by atoms with Gasteiger partial charge in [0.1, 0.15) is 5.75 Å². The summed E-state index contributed by atoms with van der Waals surface area (Å²) in [6.07, 6.45) is 1.86. The average molecular weight is 445 g/mol. The molecule has 2 amide bonds. The Morgan fingerprint density at radius 2 is 1.88 bits per heavy atom. The third-order valence-corrected chi connectivity index (χ3v) is 6.36. The third-order valence-electron chi connectivity index (χ3n) is 5.28. The smallest absolute Gasteiger partial charge is 0.264 e. The Morgan fingerprint density at radius 1 is 1.09 bits per heavy atom. The molecule has 0 aliphatic carbocycles. The quantitative estimate of drug-likeness (QED) is 0.560. The zero-order chi connectivity index (χ0) is 22.7. The number of hydrogen-bond donors (Lipinski definition) is 1. The first-order valence-electron chi connectivity index (χ1n) is 10.2. The number of benzene rings is 3. The SMILES string of the molecule is COc1cccc(C=C2Sc3ccc(C(=O)NCc4ccc(C)cc4)cc3N(C)C2=O)c1. The zero-order valence-corrected chi connectivity index (χ0v) is 19.0. The van der Waals surface area contributed by atoms with Crippen LogP contribution in [0.5, 0.6) is 5.75 Å². The normalized spacial score (nSPS) is 14.3. The van der Waals surface area contributed by atoms with Crippen molar-refractivity contribution in [2.75, 3.05) is 19.1 Å². The molecule has 1 heterocycles. The van der Waals surface area contributed by atoms with E-state index in [1.54, 1.807) is 31.2 Å². The number of aryl methyl sites for hydroxylation is 1. The summed E-state index contributed by atoms with van der Waals surface area (Å²) in [6, 6.07) is 21.1. The van der Waals surface area contributed by atoms with Crippen LogP contribution < -0.4 is 15.0 Å². The molecule has 6 heteroatoms. The lowest BCUT2D eigenvalue weighted by atomic mass is 10.1. The van der Waals surface area contributed by atoms with Crippen LogP contribution in [-0.4, -0.2) is 26.0 Å². The predicted octanol–water partition coefficient (Wildman–Crippen LogP) is 5.04. The molecule has 0 aromatic heterocycles. The van der Waals surface area contributed by atoms with Crippen molar-refractivity contribution in [3.05, 3.63) is 93.9 Å². The Balaban J connectivity index is 1.52. The van der Waals surface area contributed by atoms with Crippen LogP contribution >= 0.6 is 11.8 Å². The largest absolute Gasteiger partial charge is 0.497 e. The van der Waals surface area contributed by atoms with Crippen LogP contribution in [0.3, 0.4) is 0 Å². The minimum Gasteiger partial charge on any atom is -0.497 e. The van der Waals surface area contributed by atoms with E-state index in [1.165, 1.54) is 17.3 Å². The summed E-state index contributed by atoms with van der Waals surface area (Å²) in [5.41, 5.74) is 4.36. The fraction of sp³-hybridized carbons (Fsp3) is 0.154. The van der Waals surface area contributed by atoms with E-state index in [2.05, 4.69) is 5.32 Å². The first-order chi connectivity index (χ1) is 15.4. The van der Waals surface area contributed by atoms with Gasteiger partial charge in [0.2, 0.25) is 0 Å². The van der Waals surface area contributed by atoms with Crippen LogP contribution in [-0.2, 0) is 11.3 Å². The summed E-state index contributed by atoms with van der Waals surface area (Å²) in [7, 11) is 3.35. The van der Waals surface area contributed by atoms with Crippen LogP contribution in [0.2, 0.25) is 0 Å². The van der Waals surface area contributed by atoms with E-state index < -0.39 is 0 Å². The van der Waals surface area contributed by atoms with Crippen molar-refractivity contribution in [3.63, 3.8) is 0 Å². The maximum atomic E-state index is 13.0. The van der Waals surface area contributed by atoms with Crippen LogP contribution in [0.4, 0.5) is 5.69 Å². The van der Waals surface area contributed by atoms with E-state index in [1.807, 2.05) is 67.6 Å². The molecule has 1 aliphatic heterocycles. The van der Waals surface area contributed by atoms with Gasteiger partial charge in [0.15, 0.2) is 0 Å². The molecule has 32 heavy (non-hydrogen) atoms. The van der Waals surface area contributed by atoms with Crippen molar-refractivity contribution in [1.29, 1.82) is 0 Å².